The predicted molar refractivity (Wildman–Crippen MR) is 103 cm³/mol. The molecule has 0 heterocycles. The van der Waals surface area contributed by atoms with Crippen LogP contribution < -0.4 is 19.5 Å². The van der Waals surface area contributed by atoms with Crippen LogP contribution >= 0.6 is 0 Å². The average molecular weight is 357 g/mol. The number of unbranched alkanes of at least 4 members (excludes halogenated alkanes) is 1. The number of hydrogen-bond donors (Lipinski definition) is 1. The van der Waals surface area contributed by atoms with Crippen LogP contribution in [0.2, 0.25) is 0 Å². The molecule has 1 N–H and O–H groups in total. The van der Waals surface area contributed by atoms with Crippen molar-refractivity contribution in [2.45, 2.75) is 26.2 Å². The first-order valence-corrected chi connectivity index (χ1v) is 8.72. The molecule has 0 aliphatic carbocycles. The summed E-state index contributed by atoms with van der Waals surface area (Å²) in [5.74, 6) is 1.26. The molecule has 2 aromatic carbocycles. The summed E-state index contributed by atoms with van der Waals surface area (Å²) in [5.41, 5.74) is 3.08. The molecule has 0 fully saturated rings. The van der Waals surface area contributed by atoms with Crippen molar-refractivity contribution in [1.82, 2.24) is 5.32 Å². The Labute approximate surface area is 155 Å². The highest BCUT2D eigenvalue weighted by molar-refractivity contribution is 5.95. The summed E-state index contributed by atoms with van der Waals surface area (Å²) < 4.78 is 15.8. The second-order valence-corrected chi connectivity index (χ2v) is 6.11. The molecule has 2 aromatic rings. The lowest BCUT2D eigenvalue weighted by atomic mass is 10.1. The molecule has 0 aromatic heterocycles. The minimum atomic E-state index is -0.153. The lowest BCUT2D eigenvalue weighted by Crippen LogP contribution is -2.24. The summed E-state index contributed by atoms with van der Waals surface area (Å²) in [6.07, 6.45) is 2.96. The largest absolute Gasteiger partial charge is 0.493 e. The van der Waals surface area contributed by atoms with E-state index >= 15 is 0 Å². The Hall–Kier alpha value is -2.69. The van der Waals surface area contributed by atoms with Crippen molar-refractivity contribution in [2.24, 2.45) is 0 Å². The summed E-state index contributed by atoms with van der Waals surface area (Å²) in [4.78, 5) is 12.4. The zero-order chi connectivity index (χ0) is 18.9. The molecule has 0 radical (unpaired) electrons. The van der Waals surface area contributed by atoms with Gasteiger partial charge in [-0.15, -0.1) is 0 Å². The van der Waals surface area contributed by atoms with Crippen LogP contribution in [-0.4, -0.2) is 33.8 Å². The molecular weight excluding hydrogens is 330 g/mol. The van der Waals surface area contributed by atoms with Crippen molar-refractivity contribution in [3.05, 3.63) is 53.1 Å². The van der Waals surface area contributed by atoms with Crippen molar-refractivity contribution >= 4 is 5.91 Å². The van der Waals surface area contributed by atoms with E-state index in [1.54, 1.807) is 12.1 Å². The van der Waals surface area contributed by atoms with Gasteiger partial charge in [-0.05, 0) is 43.9 Å². The highest BCUT2D eigenvalue weighted by Crippen LogP contribution is 2.38. The van der Waals surface area contributed by atoms with Crippen LogP contribution in [0.15, 0.2) is 36.4 Å². The van der Waals surface area contributed by atoms with E-state index in [0.717, 1.165) is 19.3 Å². The summed E-state index contributed by atoms with van der Waals surface area (Å²) in [6.45, 7) is 2.71. The molecule has 2 rings (SSSR count). The molecule has 5 nitrogen and oxygen atoms in total. The Morgan fingerprint density at radius 3 is 2.08 bits per heavy atom. The molecule has 140 valence electrons. The number of ether oxygens (including phenoxy) is 3. The zero-order valence-electron chi connectivity index (χ0n) is 15.9. The van der Waals surface area contributed by atoms with Crippen LogP contribution in [0.1, 0.15) is 34.3 Å². The Kier molecular flexibility index (Phi) is 7.33. The van der Waals surface area contributed by atoms with Gasteiger partial charge in [0.15, 0.2) is 11.5 Å². The maximum Gasteiger partial charge on any atom is 0.251 e. The summed E-state index contributed by atoms with van der Waals surface area (Å²) in [6, 6.07) is 11.9. The SMILES string of the molecule is COc1cc(C(=O)NCCCCc2ccc(C)cc2)cc(OC)c1OC. The van der Waals surface area contributed by atoms with Crippen molar-refractivity contribution in [2.75, 3.05) is 27.9 Å². The number of aryl methyl sites for hydroxylation is 2. The molecule has 0 aliphatic heterocycles. The number of hydrogen-bond acceptors (Lipinski definition) is 4. The van der Waals surface area contributed by atoms with Gasteiger partial charge >= 0.3 is 0 Å². The molecule has 0 saturated heterocycles. The molecule has 0 bridgehead atoms. The number of carbonyl (C=O) groups is 1. The fraction of sp³-hybridized carbons (Fsp3) is 0.381. The second-order valence-electron chi connectivity index (χ2n) is 6.11. The zero-order valence-corrected chi connectivity index (χ0v) is 15.9. The van der Waals surface area contributed by atoms with E-state index in [1.165, 1.54) is 32.5 Å². The predicted octanol–water partition coefficient (Wildman–Crippen LogP) is 3.77. The van der Waals surface area contributed by atoms with Crippen molar-refractivity contribution in [3.8, 4) is 17.2 Å². The number of rotatable bonds is 9. The highest BCUT2D eigenvalue weighted by Gasteiger charge is 2.16. The maximum absolute atomic E-state index is 12.4. The van der Waals surface area contributed by atoms with E-state index in [0.29, 0.717) is 29.4 Å². The highest BCUT2D eigenvalue weighted by atomic mass is 16.5. The van der Waals surface area contributed by atoms with Crippen LogP contribution in [-0.2, 0) is 6.42 Å². The first-order chi connectivity index (χ1) is 12.6. The Morgan fingerprint density at radius 1 is 0.923 bits per heavy atom. The lowest BCUT2D eigenvalue weighted by molar-refractivity contribution is 0.0952. The van der Waals surface area contributed by atoms with Gasteiger partial charge in [0, 0.05) is 12.1 Å². The molecular formula is C21H27NO4. The van der Waals surface area contributed by atoms with E-state index in [-0.39, 0.29) is 5.91 Å². The summed E-state index contributed by atoms with van der Waals surface area (Å²) in [5, 5.41) is 2.94. The topological polar surface area (TPSA) is 56.8 Å². The van der Waals surface area contributed by atoms with Gasteiger partial charge in [0.05, 0.1) is 21.3 Å². The molecule has 1 amide bonds. The third kappa shape index (κ3) is 5.15. The van der Waals surface area contributed by atoms with E-state index in [4.69, 9.17) is 14.2 Å². The Morgan fingerprint density at radius 2 is 1.54 bits per heavy atom. The third-order valence-electron chi connectivity index (χ3n) is 4.23. The van der Waals surface area contributed by atoms with Gasteiger partial charge in [-0.3, -0.25) is 4.79 Å². The molecule has 26 heavy (non-hydrogen) atoms. The van der Waals surface area contributed by atoms with E-state index in [1.807, 2.05) is 0 Å². The summed E-state index contributed by atoms with van der Waals surface area (Å²) >= 11 is 0. The summed E-state index contributed by atoms with van der Waals surface area (Å²) in [7, 11) is 4.60. The molecule has 0 atom stereocenters. The molecule has 0 saturated carbocycles. The molecule has 0 unspecified atom stereocenters. The average Bonchev–Trinajstić information content (AvgIpc) is 2.67. The van der Waals surface area contributed by atoms with Gasteiger partial charge < -0.3 is 19.5 Å². The number of methoxy groups -OCH3 is 3. The second kappa shape index (κ2) is 9.70. The Bertz CT molecular complexity index is 700. The molecule has 5 heteroatoms. The molecule has 0 aliphatic rings. The smallest absolute Gasteiger partial charge is 0.251 e. The van der Waals surface area contributed by atoms with Crippen LogP contribution in [0.4, 0.5) is 0 Å². The first-order valence-electron chi connectivity index (χ1n) is 8.72. The Balaban J connectivity index is 1.86. The minimum Gasteiger partial charge on any atom is -0.493 e. The van der Waals surface area contributed by atoms with Crippen LogP contribution in [0, 0.1) is 6.92 Å². The van der Waals surface area contributed by atoms with Gasteiger partial charge in [-0.1, -0.05) is 29.8 Å². The van der Waals surface area contributed by atoms with Gasteiger partial charge in [0.2, 0.25) is 5.75 Å². The first kappa shape index (κ1) is 19.6. The fourth-order valence-corrected chi connectivity index (χ4v) is 2.73. The molecule has 0 spiro atoms. The van der Waals surface area contributed by atoms with Gasteiger partial charge in [0.1, 0.15) is 0 Å². The van der Waals surface area contributed by atoms with Gasteiger partial charge in [-0.2, -0.15) is 0 Å². The van der Waals surface area contributed by atoms with Crippen LogP contribution in [0.5, 0.6) is 17.2 Å². The van der Waals surface area contributed by atoms with Gasteiger partial charge in [0.25, 0.3) is 5.91 Å². The van der Waals surface area contributed by atoms with Crippen molar-refractivity contribution in [3.63, 3.8) is 0 Å². The van der Waals surface area contributed by atoms with Crippen molar-refractivity contribution in [1.29, 1.82) is 0 Å². The lowest BCUT2D eigenvalue weighted by Gasteiger charge is -2.14. The normalized spacial score (nSPS) is 10.3. The standard InChI is InChI=1S/C21H27NO4/c1-15-8-10-16(11-9-15)7-5-6-12-22-21(23)17-13-18(24-2)20(26-4)19(14-17)25-3/h8-11,13-14H,5-7,12H2,1-4H3,(H,22,23). The van der Waals surface area contributed by atoms with Crippen molar-refractivity contribution < 1.29 is 19.0 Å². The number of nitrogens with one attached hydrogen (secondary N) is 1. The fourth-order valence-electron chi connectivity index (χ4n) is 2.73. The quantitative estimate of drug-likeness (QED) is 0.694. The monoisotopic (exact) mass is 357 g/mol. The number of carbonyl (C=O) groups excluding carboxylic acids is 1. The van der Waals surface area contributed by atoms with Gasteiger partial charge in [-0.25, -0.2) is 0 Å². The van der Waals surface area contributed by atoms with E-state index in [2.05, 4.69) is 36.5 Å². The third-order valence-corrected chi connectivity index (χ3v) is 4.23. The van der Waals surface area contributed by atoms with Crippen LogP contribution in [0.3, 0.4) is 0 Å². The van der Waals surface area contributed by atoms with Crippen LogP contribution in [0.25, 0.3) is 0 Å². The van der Waals surface area contributed by atoms with E-state index in [9.17, 15) is 4.79 Å². The number of amides is 1. The maximum atomic E-state index is 12.4. The number of benzene rings is 2. The van der Waals surface area contributed by atoms with E-state index < -0.39 is 0 Å². The minimum absolute atomic E-state index is 0.153.